The van der Waals surface area contributed by atoms with E-state index in [2.05, 4.69) is 26.0 Å². The number of phosphoric ester groups is 1. The van der Waals surface area contributed by atoms with E-state index in [4.69, 9.17) is 24.3 Å². The molecule has 310 valence electrons. The highest BCUT2D eigenvalue weighted by Crippen LogP contribution is 2.43. The number of carbonyl (C=O) groups excluding carboxylic acids is 1. The standard InChI is InChI=1S/C43H86NO7P/c1-3-5-7-9-11-13-14-15-16-17-18-19-20-21-22-23-24-25-26-27-29-31-33-35-38-48-40-42(41-50-52(46,47)49-39-37-44)51-43(45)36-34-32-30-28-12-10-8-6-4-2/h17-18,42H,3-16,19-41,44H2,1-2H3,(H,46,47)/b18-17-. The maximum atomic E-state index is 12.5. The molecule has 0 amide bonds. The summed E-state index contributed by atoms with van der Waals surface area (Å²) >= 11 is 0. The smallest absolute Gasteiger partial charge is 0.457 e. The molecular formula is C43H86NO7P. The second kappa shape index (κ2) is 41.4. The van der Waals surface area contributed by atoms with Crippen molar-refractivity contribution in [1.82, 2.24) is 0 Å². The first kappa shape index (κ1) is 51.2. The van der Waals surface area contributed by atoms with E-state index in [1.807, 2.05) is 0 Å². The number of allylic oxidation sites excluding steroid dienone is 2. The van der Waals surface area contributed by atoms with Crippen molar-refractivity contribution >= 4 is 13.8 Å². The SMILES string of the molecule is CCCCCCCCCC/C=C\CCCCCCCCCCCCCCOCC(COP(=O)(O)OCCN)OC(=O)CCCCCCCCCCC. The van der Waals surface area contributed by atoms with Crippen LogP contribution in [-0.2, 0) is 27.9 Å². The van der Waals surface area contributed by atoms with Gasteiger partial charge in [-0.3, -0.25) is 13.8 Å². The fourth-order valence-corrected chi connectivity index (χ4v) is 7.17. The first-order chi connectivity index (χ1) is 25.4. The summed E-state index contributed by atoms with van der Waals surface area (Å²) in [6.07, 6.45) is 43.9. The monoisotopic (exact) mass is 760 g/mol. The number of ether oxygens (including phenoxy) is 2. The molecule has 0 saturated heterocycles. The van der Waals surface area contributed by atoms with E-state index in [1.165, 1.54) is 167 Å². The van der Waals surface area contributed by atoms with Gasteiger partial charge in [-0.15, -0.1) is 0 Å². The van der Waals surface area contributed by atoms with Gasteiger partial charge in [-0.05, 0) is 38.5 Å². The first-order valence-electron chi connectivity index (χ1n) is 22.2. The molecule has 0 rings (SSSR count). The Morgan fingerprint density at radius 3 is 1.40 bits per heavy atom. The van der Waals surface area contributed by atoms with Crippen molar-refractivity contribution in [3.63, 3.8) is 0 Å². The molecule has 0 aliphatic rings. The van der Waals surface area contributed by atoms with Crippen molar-refractivity contribution in [3.8, 4) is 0 Å². The second-order valence-corrected chi connectivity index (χ2v) is 16.4. The lowest BCUT2D eigenvalue weighted by atomic mass is 10.0. The van der Waals surface area contributed by atoms with Gasteiger partial charge in [0.1, 0.15) is 6.10 Å². The van der Waals surface area contributed by atoms with Crippen LogP contribution in [-0.4, -0.2) is 49.9 Å². The molecule has 0 radical (unpaired) electrons. The van der Waals surface area contributed by atoms with Crippen LogP contribution in [0.5, 0.6) is 0 Å². The first-order valence-corrected chi connectivity index (χ1v) is 23.7. The summed E-state index contributed by atoms with van der Waals surface area (Å²) in [5.74, 6) is -0.331. The van der Waals surface area contributed by atoms with Gasteiger partial charge >= 0.3 is 13.8 Å². The van der Waals surface area contributed by atoms with E-state index in [-0.39, 0.29) is 32.3 Å². The molecule has 9 heteroatoms. The molecule has 2 atom stereocenters. The maximum absolute atomic E-state index is 12.5. The van der Waals surface area contributed by atoms with Gasteiger partial charge < -0.3 is 20.1 Å². The minimum atomic E-state index is -4.26. The number of carbonyl (C=O) groups is 1. The van der Waals surface area contributed by atoms with Gasteiger partial charge in [0, 0.05) is 19.6 Å². The van der Waals surface area contributed by atoms with Gasteiger partial charge in [-0.2, -0.15) is 0 Å². The number of hydrogen-bond acceptors (Lipinski definition) is 7. The van der Waals surface area contributed by atoms with Gasteiger partial charge in [0.2, 0.25) is 0 Å². The molecule has 0 aliphatic carbocycles. The van der Waals surface area contributed by atoms with Crippen LogP contribution in [0.1, 0.15) is 219 Å². The summed E-state index contributed by atoms with van der Waals surface area (Å²) in [7, 11) is -4.26. The van der Waals surface area contributed by atoms with Crippen LogP contribution in [0.2, 0.25) is 0 Å². The van der Waals surface area contributed by atoms with Gasteiger partial charge in [0.15, 0.2) is 0 Å². The number of phosphoric acid groups is 1. The summed E-state index contributed by atoms with van der Waals surface area (Å²) in [6, 6.07) is 0. The molecule has 52 heavy (non-hydrogen) atoms. The molecule has 8 nitrogen and oxygen atoms in total. The fraction of sp³-hybridized carbons (Fsp3) is 0.930. The Morgan fingerprint density at radius 2 is 0.962 bits per heavy atom. The predicted molar refractivity (Wildman–Crippen MR) is 220 cm³/mol. The Hall–Kier alpha value is -0.760. The zero-order valence-electron chi connectivity index (χ0n) is 34.3. The van der Waals surface area contributed by atoms with Crippen LogP contribution in [0.15, 0.2) is 12.2 Å². The quantitative estimate of drug-likeness (QED) is 0.0273. The third kappa shape index (κ3) is 40.4. The van der Waals surface area contributed by atoms with Gasteiger partial charge in [0.25, 0.3) is 0 Å². The van der Waals surface area contributed by atoms with E-state index in [0.29, 0.717) is 13.0 Å². The Balaban J connectivity index is 3.83. The topological polar surface area (TPSA) is 117 Å². The summed E-state index contributed by atoms with van der Waals surface area (Å²) < 4.78 is 33.3. The number of unbranched alkanes of at least 4 members (excludes halogenated alkanes) is 28. The van der Waals surface area contributed by atoms with Crippen LogP contribution in [0.25, 0.3) is 0 Å². The minimum Gasteiger partial charge on any atom is -0.457 e. The van der Waals surface area contributed by atoms with Gasteiger partial charge in [-0.25, -0.2) is 4.57 Å². The fourth-order valence-electron chi connectivity index (χ4n) is 6.40. The molecular weight excluding hydrogens is 673 g/mol. The van der Waals surface area contributed by atoms with Crippen molar-refractivity contribution in [2.45, 2.75) is 225 Å². The van der Waals surface area contributed by atoms with E-state index >= 15 is 0 Å². The van der Waals surface area contributed by atoms with Gasteiger partial charge in [-0.1, -0.05) is 187 Å². The van der Waals surface area contributed by atoms with E-state index in [0.717, 1.165) is 32.1 Å². The van der Waals surface area contributed by atoms with Crippen molar-refractivity contribution < 1.29 is 32.8 Å². The lowest BCUT2D eigenvalue weighted by Gasteiger charge is -2.20. The Bertz CT molecular complexity index is 812. The van der Waals surface area contributed by atoms with Crippen LogP contribution < -0.4 is 5.73 Å². The van der Waals surface area contributed by atoms with E-state index < -0.39 is 13.9 Å². The largest absolute Gasteiger partial charge is 0.472 e. The number of rotatable bonds is 43. The predicted octanol–water partition coefficient (Wildman–Crippen LogP) is 13.1. The molecule has 0 aromatic carbocycles. The average Bonchev–Trinajstić information content (AvgIpc) is 3.13. The molecule has 0 spiro atoms. The average molecular weight is 760 g/mol. The highest BCUT2D eigenvalue weighted by molar-refractivity contribution is 7.47. The molecule has 0 saturated carbocycles. The molecule has 0 heterocycles. The summed E-state index contributed by atoms with van der Waals surface area (Å²) in [5.41, 5.74) is 5.36. The van der Waals surface area contributed by atoms with Crippen molar-refractivity contribution in [2.75, 3.05) is 33.0 Å². The number of esters is 1. The Kier molecular flexibility index (Phi) is 40.8. The maximum Gasteiger partial charge on any atom is 0.472 e. The minimum absolute atomic E-state index is 0.0922. The van der Waals surface area contributed by atoms with E-state index in [9.17, 15) is 14.3 Å². The molecule has 0 fully saturated rings. The molecule has 0 aliphatic heterocycles. The highest BCUT2D eigenvalue weighted by atomic mass is 31.2. The Morgan fingerprint density at radius 1 is 0.558 bits per heavy atom. The lowest BCUT2D eigenvalue weighted by molar-refractivity contribution is -0.154. The lowest BCUT2D eigenvalue weighted by Crippen LogP contribution is -2.28. The van der Waals surface area contributed by atoms with Crippen LogP contribution in [0, 0.1) is 0 Å². The van der Waals surface area contributed by atoms with Crippen molar-refractivity contribution in [2.24, 2.45) is 5.73 Å². The normalized spacial score (nSPS) is 13.5. The van der Waals surface area contributed by atoms with Gasteiger partial charge in [0.05, 0.1) is 19.8 Å². The zero-order chi connectivity index (χ0) is 38.1. The van der Waals surface area contributed by atoms with E-state index in [1.54, 1.807) is 0 Å². The summed E-state index contributed by atoms with van der Waals surface area (Å²) in [6.45, 7) is 4.93. The second-order valence-electron chi connectivity index (χ2n) is 14.9. The molecule has 3 N–H and O–H groups in total. The highest BCUT2D eigenvalue weighted by Gasteiger charge is 2.25. The van der Waals surface area contributed by atoms with Crippen LogP contribution >= 0.6 is 7.82 Å². The number of nitrogens with two attached hydrogens (primary N) is 1. The van der Waals surface area contributed by atoms with Crippen molar-refractivity contribution in [3.05, 3.63) is 12.2 Å². The van der Waals surface area contributed by atoms with Crippen LogP contribution in [0.3, 0.4) is 0 Å². The molecule has 0 bridgehead atoms. The zero-order valence-corrected chi connectivity index (χ0v) is 35.2. The molecule has 0 aromatic rings. The third-order valence-electron chi connectivity index (χ3n) is 9.68. The molecule has 0 aromatic heterocycles. The van der Waals surface area contributed by atoms with Crippen LogP contribution in [0.4, 0.5) is 0 Å². The van der Waals surface area contributed by atoms with Crippen molar-refractivity contribution in [1.29, 1.82) is 0 Å². The number of hydrogen-bond donors (Lipinski definition) is 2. The molecule has 2 unspecified atom stereocenters. The summed E-state index contributed by atoms with van der Waals surface area (Å²) in [5, 5.41) is 0. The third-order valence-corrected chi connectivity index (χ3v) is 10.7. The summed E-state index contributed by atoms with van der Waals surface area (Å²) in [4.78, 5) is 22.4. The Labute approximate surface area is 322 Å².